The van der Waals surface area contributed by atoms with Gasteiger partial charge in [-0.3, -0.25) is 0 Å². The standard InChI is InChI=1S/C20H23NO7/c1-23-14-7-6-11(8-13(14)22)18-17(20(27-5)21-28-18)12-9-15(24-2)19(26-4)16(10-12)25-3/h6-10,17-18,22H,1-5H3. The Hall–Kier alpha value is -3.29. The molecule has 0 saturated heterocycles. The molecular formula is C20H23NO7. The Morgan fingerprint density at radius 3 is 1.93 bits per heavy atom. The summed E-state index contributed by atoms with van der Waals surface area (Å²) in [6.45, 7) is 0. The highest BCUT2D eigenvalue weighted by Gasteiger charge is 2.39. The number of benzene rings is 2. The molecule has 2 aromatic carbocycles. The third-order valence-corrected chi connectivity index (χ3v) is 4.61. The summed E-state index contributed by atoms with van der Waals surface area (Å²) in [7, 11) is 7.67. The topological polar surface area (TPSA) is 88.0 Å². The van der Waals surface area contributed by atoms with Gasteiger partial charge in [0.1, 0.15) is 5.92 Å². The average molecular weight is 389 g/mol. The number of nitrogens with zero attached hydrogens (tertiary/aromatic N) is 1. The zero-order valence-electron chi connectivity index (χ0n) is 16.4. The largest absolute Gasteiger partial charge is 0.504 e. The number of ether oxygens (including phenoxy) is 5. The van der Waals surface area contributed by atoms with Crippen LogP contribution in [-0.2, 0) is 9.57 Å². The van der Waals surface area contributed by atoms with Gasteiger partial charge in [-0.25, -0.2) is 0 Å². The van der Waals surface area contributed by atoms with E-state index in [1.165, 1.54) is 14.2 Å². The molecule has 0 aliphatic carbocycles. The van der Waals surface area contributed by atoms with Crippen molar-refractivity contribution in [1.29, 1.82) is 0 Å². The maximum Gasteiger partial charge on any atom is 0.237 e. The number of hydrogen-bond donors (Lipinski definition) is 1. The van der Waals surface area contributed by atoms with Crippen LogP contribution in [0.25, 0.3) is 0 Å². The maximum absolute atomic E-state index is 10.2. The van der Waals surface area contributed by atoms with Crippen molar-refractivity contribution in [1.82, 2.24) is 0 Å². The minimum Gasteiger partial charge on any atom is -0.504 e. The van der Waals surface area contributed by atoms with Crippen molar-refractivity contribution >= 4 is 5.90 Å². The molecule has 2 unspecified atom stereocenters. The highest BCUT2D eigenvalue weighted by molar-refractivity contribution is 5.86. The van der Waals surface area contributed by atoms with E-state index in [0.717, 1.165) is 5.56 Å². The van der Waals surface area contributed by atoms with E-state index in [0.29, 0.717) is 34.5 Å². The molecule has 0 aromatic heterocycles. The SMILES string of the molecule is COC1=NOC(c2ccc(OC)c(O)c2)C1c1cc(OC)c(OC)c(OC)c1. The van der Waals surface area contributed by atoms with Crippen LogP contribution in [0.3, 0.4) is 0 Å². The summed E-state index contributed by atoms with van der Waals surface area (Å²) >= 11 is 0. The van der Waals surface area contributed by atoms with Crippen LogP contribution >= 0.6 is 0 Å². The molecule has 1 aliphatic heterocycles. The number of hydrogen-bond acceptors (Lipinski definition) is 8. The molecule has 28 heavy (non-hydrogen) atoms. The van der Waals surface area contributed by atoms with Gasteiger partial charge in [-0.1, -0.05) is 11.2 Å². The molecule has 1 heterocycles. The van der Waals surface area contributed by atoms with E-state index < -0.39 is 6.10 Å². The lowest BCUT2D eigenvalue weighted by molar-refractivity contribution is 0.0759. The molecular weight excluding hydrogens is 366 g/mol. The molecule has 0 radical (unpaired) electrons. The van der Waals surface area contributed by atoms with Crippen molar-refractivity contribution in [3.8, 4) is 28.7 Å². The Morgan fingerprint density at radius 2 is 1.43 bits per heavy atom. The second-order valence-electron chi connectivity index (χ2n) is 6.03. The van der Waals surface area contributed by atoms with Crippen LogP contribution in [-0.4, -0.2) is 46.6 Å². The summed E-state index contributed by atoms with van der Waals surface area (Å²) in [5, 5.41) is 14.2. The number of aromatic hydroxyl groups is 1. The van der Waals surface area contributed by atoms with E-state index in [-0.39, 0.29) is 11.7 Å². The zero-order chi connectivity index (χ0) is 20.3. The van der Waals surface area contributed by atoms with Crippen LogP contribution in [0.2, 0.25) is 0 Å². The first-order valence-electron chi connectivity index (χ1n) is 8.52. The summed E-state index contributed by atoms with van der Waals surface area (Å²) in [6, 6.07) is 8.72. The van der Waals surface area contributed by atoms with Crippen molar-refractivity contribution in [3.63, 3.8) is 0 Å². The molecule has 0 fully saturated rings. The first-order valence-corrected chi connectivity index (χ1v) is 8.52. The normalized spacial score (nSPS) is 18.1. The molecule has 0 spiro atoms. The fourth-order valence-electron chi connectivity index (χ4n) is 3.26. The number of rotatable bonds is 6. The molecule has 8 nitrogen and oxygen atoms in total. The van der Waals surface area contributed by atoms with Gasteiger partial charge in [0.05, 0.1) is 35.5 Å². The predicted octanol–water partition coefficient (Wildman–Crippen LogP) is 3.24. The molecule has 0 saturated carbocycles. The average Bonchev–Trinajstić information content (AvgIpc) is 3.16. The highest BCUT2D eigenvalue weighted by atomic mass is 16.7. The Kier molecular flexibility index (Phi) is 5.67. The van der Waals surface area contributed by atoms with Gasteiger partial charge in [-0.15, -0.1) is 0 Å². The summed E-state index contributed by atoms with van der Waals surface area (Å²) in [5.74, 6) is 1.91. The van der Waals surface area contributed by atoms with E-state index in [9.17, 15) is 5.11 Å². The molecule has 1 N–H and O–H groups in total. The van der Waals surface area contributed by atoms with Gasteiger partial charge in [0.2, 0.25) is 11.6 Å². The van der Waals surface area contributed by atoms with E-state index >= 15 is 0 Å². The van der Waals surface area contributed by atoms with Crippen LogP contribution < -0.4 is 18.9 Å². The second kappa shape index (κ2) is 8.16. The number of methoxy groups -OCH3 is 5. The van der Waals surface area contributed by atoms with Gasteiger partial charge in [-0.2, -0.15) is 0 Å². The Morgan fingerprint density at radius 1 is 0.786 bits per heavy atom. The van der Waals surface area contributed by atoms with E-state index in [4.69, 9.17) is 28.5 Å². The monoisotopic (exact) mass is 389 g/mol. The third kappa shape index (κ3) is 3.33. The molecule has 2 atom stereocenters. The van der Waals surface area contributed by atoms with Crippen molar-refractivity contribution in [2.45, 2.75) is 12.0 Å². The van der Waals surface area contributed by atoms with Gasteiger partial charge < -0.3 is 33.6 Å². The maximum atomic E-state index is 10.2. The first-order chi connectivity index (χ1) is 13.6. The third-order valence-electron chi connectivity index (χ3n) is 4.61. The van der Waals surface area contributed by atoms with E-state index in [1.807, 2.05) is 18.2 Å². The fourth-order valence-corrected chi connectivity index (χ4v) is 3.26. The van der Waals surface area contributed by atoms with Crippen LogP contribution in [0.5, 0.6) is 28.7 Å². The summed E-state index contributed by atoms with van der Waals surface area (Å²) < 4.78 is 26.8. The number of phenolic OH excluding ortho intramolecular Hbond substituents is 1. The molecule has 0 bridgehead atoms. The summed E-state index contributed by atoms with van der Waals surface area (Å²) in [5.41, 5.74) is 1.51. The minimum atomic E-state index is -0.519. The van der Waals surface area contributed by atoms with Crippen LogP contribution in [0, 0.1) is 0 Å². The smallest absolute Gasteiger partial charge is 0.237 e. The summed E-state index contributed by atoms with van der Waals surface area (Å²) in [4.78, 5) is 5.64. The lowest BCUT2D eigenvalue weighted by Gasteiger charge is -2.21. The van der Waals surface area contributed by atoms with Crippen molar-refractivity contribution in [2.75, 3.05) is 35.5 Å². The van der Waals surface area contributed by atoms with Crippen molar-refractivity contribution in [2.24, 2.45) is 5.16 Å². The Labute approximate surface area is 163 Å². The van der Waals surface area contributed by atoms with E-state index in [1.54, 1.807) is 33.5 Å². The van der Waals surface area contributed by atoms with Crippen molar-refractivity contribution < 1.29 is 33.6 Å². The molecule has 2 aromatic rings. The zero-order valence-corrected chi connectivity index (χ0v) is 16.4. The van der Waals surface area contributed by atoms with Gasteiger partial charge >= 0.3 is 0 Å². The van der Waals surface area contributed by atoms with E-state index in [2.05, 4.69) is 5.16 Å². The lowest BCUT2D eigenvalue weighted by atomic mass is 9.88. The minimum absolute atomic E-state index is 0.0121. The summed E-state index contributed by atoms with van der Waals surface area (Å²) in [6.07, 6.45) is -0.519. The first kappa shape index (κ1) is 19.5. The van der Waals surface area contributed by atoms with Gasteiger partial charge in [0, 0.05) is 5.56 Å². The van der Waals surface area contributed by atoms with Crippen LogP contribution in [0.15, 0.2) is 35.5 Å². The van der Waals surface area contributed by atoms with Crippen molar-refractivity contribution in [3.05, 3.63) is 41.5 Å². The number of phenols is 1. The van der Waals surface area contributed by atoms with Gasteiger partial charge in [0.15, 0.2) is 29.1 Å². The fraction of sp³-hybridized carbons (Fsp3) is 0.350. The molecule has 3 rings (SSSR count). The number of oxime groups is 1. The van der Waals surface area contributed by atoms with Crippen LogP contribution in [0.1, 0.15) is 23.1 Å². The van der Waals surface area contributed by atoms with Crippen LogP contribution in [0.4, 0.5) is 0 Å². The molecule has 1 aliphatic rings. The quantitative estimate of drug-likeness (QED) is 0.811. The molecule has 150 valence electrons. The Bertz CT molecular complexity index is 856. The highest BCUT2D eigenvalue weighted by Crippen LogP contribution is 2.47. The molecule has 0 amide bonds. The second-order valence-corrected chi connectivity index (χ2v) is 6.03. The predicted molar refractivity (Wildman–Crippen MR) is 102 cm³/mol. The molecule has 8 heteroatoms. The Balaban J connectivity index is 2.08. The lowest BCUT2D eigenvalue weighted by Crippen LogP contribution is -2.17. The van der Waals surface area contributed by atoms with Gasteiger partial charge in [-0.05, 0) is 29.8 Å². The van der Waals surface area contributed by atoms with Gasteiger partial charge in [0.25, 0.3) is 0 Å².